The van der Waals surface area contributed by atoms with Crippen molar-refractivity contribution in [2.45, 2.75) is 17.9 Å². The summed E-state index contributed by atoms with van der Waals surface area (Å²) in [6.07, 6.45) is -1.09. The fraction of sp³-hybridized carbons (Fsp3) is 0.286. The Hall–Kier alpha value is -0.790. The Kier molecular flexibility index (Phi) is 3.58. The summed E-state index contributed by atoms with van der Waals surface area (Å²) in [4.78, 5) is 2.80. The van der Waals surface area contributed by atoms with Crippen LogP contribution >= 0.6 is 10.7 Å². The first-order chi connectivity index (χ1) is 6.88. The van der Waals surface area contributed by atoms with Crippen LogP contribution in [0.1, 0.15) is 17.6 Å². The molecule has 0 fully saturated rings. The summed E-state index contributed by atoms with van der Waals surface area (Å²) in [5, 5.41) is 0. The Bertz CT molecular complexity index is 464. The third-order valence-corrected chi connectivity index (χ3v) is 3.08. The molecule has 84 valence electrons. The number of hydrogen-bond acceptors (Lipinski definition) is 4. The SMILES string of the molecule is NCc1cncc(S(=O)(=O)Cl)c1C(F)F. The number of alkyl halides is 2. The van der Waals surface area contributed by atoms with Crippen LogP contribution in [0.4, 0.5) is 8.78 Å². The summed E-state index contributed by atoms with van der Waals surface area (Å²) in [6.45, 7) is -0.229. The van der Waals surface area contributed by atoms with Gasteiger partial charge in [-0.05, 0) is 5.56 Å². The summed E-state index contributed by atoms with van der Waals surface area (Å²) >= 11 is 0. The van der Waals surface area contributed by atoms with Crippen LogP contribution in [0.5, 0.6) is 0 Å². The third kappa shape index (κ3) is 2.61. The number of aromatic nitrogens is 1. The van der Waals surface area contributed by atoms with Gasteiger partial charge in [0.15, 0.2) is 0 Å². The number of rotatable bonds is 3. The zero-order valence-electron chi connectivity index (χ0n) is 7.32. The summed E-state index contributed by atoms with van der Waals surface area (Å²) in [5.74, 6) is 0. The maximum atomic E-state index is 12.6. The van der Waals surface area contributed by atoms with Gasteiger partial charge in [-0.3, -0.25) is 4.98 Å². The van der Waals surface area contributed by atoms with Crippen molar-refractivity contribution in [3.63, 3.8) is 0 Å². The van der Waals surface area contributed by atoms with Crippen LogP contribution < -0.4 is 5.73 Å². The van der Waals surface area contributed by atoms with Gasteiger partial charge in [0.25, 0.3) is 15.5 Å². The first-order valence-electron chi connectivity index (χ1n) is 3.77. The maximum absolute atomic E-state index is 12.6. The second kappa shape index (κ2) is 4.38. The topological polar surface area (TPSA) is 73.0 Å². The summed E-state index contributed by atoms with van der Waals surface area (Å²) in [6, 6.07) is 0. The Balaban J connectivity index is 3.53. The Labute approximate surface area is 89.5 Å². The van der Waals surface area contributed by atoms with Gasteiger partial charge >= 0.3 is 0 Å². The molecule has 0 aromatic carbocycles. The van der Waals surface area contributed by atoms with Crippen LogP contribution in [0.15, 0.2) is 17.3 Å². The molecule has 15 heavy (non-hydrogen) atoms. The van der Waals surface area contributed by atoms with E-state index < -0.39 is 25.9 Å². The van der Waals surface area contributed by atoms with E-state index in [4.69, 9.17) is 16.4 Å². The third-order valence-electron chi connectivity index (χ3n) is 1.73. The molecular formula is C7H7ClF2N2O2S. The smallest absolute Gasteiger partial charge is 0.265 e. The molecular weight excluding hydrogens is 250 g/mol. The van der Waals surface area contributed by atoms with E-state index in [-0.39, 0.29) is 12.1 Å². The van der Waals surface area contributed by atoms with Crippen molar-refractivity contribution in [2.24, 2.45) is 5.73 Å². The van der Waals surface area contributed by atoms with Crippen molar-refractivity contribution in [1.82, 2.24) is 4.98 Å². The molecule has 0 radical (unpaired) electrons. The predicted octanol–water partition coefficient (Wildman–Crippen LogP) is 1.41. The van der Waals surface area contributed by atoms with Gasteiger partial charge in [-0.1, -0.05) is 0 Å². The summed E-state index contributed by atoms with van der Waals surface area (Å²) in [7, 11) is 0.758. The lowest BCUT2D eigenvalue weighted by Crippen LogP contribution is -2.08. The summed E-state index contributed by atoms with van der Waals surface area (Å²) in [5.41, 5.74) is 4.48. The van der Waals surface area contributed by atoms with Gasteiger partial charge in [-0.15, -0.1) is 0 Å². The zero-order valence-corrected chi connectivity index (χ0v) is 8.89. The molecule has 8 heteroatoms. The van der Waals surface area contributed by atoms with Gasteiger partial charge < -0.3 is 5.73 Å². The highest BCUT2D eigenvalue weighted by Gasteiger charge is 2.24. The molecule has 0 amide bonds. The molecule has 1 aromatic heterocycles. The molecule has 0 atom stereocenters. The average molecular weight is 257 g/mol. The lowest BCUT2D eigenvalue weighted by molar-refractivity contribution is 0.146. The van der Waals surface area contributed by atoms with E-state index in [1.54, 1.807) is 0 Å². The quantitative estimate of drug-likeness (QED) is 0.830. The summed E-state index contributed by atoms with van der Waals surface area (Å²) < 4.78 is 47.2. The van der Waals surface area contributed by atoms with E-state index >= 15 is 0 Å². The molecule has 0 aliphatic carbocycles. The van der Waals surface area contributed by atoms with E-state index in [1.807, 2.05) is 0 Å². The zero-order chi connectivity index (χ0) is 11.6. The number of hydrogen-bond donors (Lipinski definition) is 1. The molecule has 0 aliphatic rings. The van der Waals surface area contributed by atoms with Crippen molar-refractivity contribution in [3.05, 3.63) is 23.5 Å². The largest absolute Gasteiger partial charge is 0.326 e. The molecule has 0 spiro atoms. The molecule has 0 saturated carbocycles. The van der Waals surface area contributed by atoms with Gasteiger partial charge in [-0.25, -0.2) is 17.2 Å². The van der Waals surface area contributed by atoms with E-state index in [2.05, 4.69) is 4.98 Å². The first-order valence-corrected chi connectivity index (χ1v) is 6.08. The van der Waals surface area contributed by atoms with Crippen molar-refractivity contribution in [1.29, 1.82) is 0 Å². The van der Waals surface area contributed by atoms with E-state index in [0.29, 0.717) is 0 Å². The van der Waals surface area contributed by atoms with E-state index in [1.165, 1.54) is 0 Å². The van der Waals surface area contributed by atoms with Crippen LogP contribution in [-0.2, 0) is 15.6 Å². The average Bonchev–Trinajstić information content (AvgIpc) is 2.15. The molecule has 0 bridgehead atoms. The standard InChI is InChI=1S/C7H7ClF2N2O2S/c8-15(13,14)5-3-12-2-4(1-11)6(5)7(9)10/h2-3,7H,1,11H2. The van der Waals surface area contributed by atoms with Crippen molar-refractivity contribution >= 4 is 19.7 Å². The molecule has 0 unspecified atom stereocenters. The van der Waals surface area contributed by atoms with Gasteiger partial charge in [0.1, 0.15) is 4.90 Å². The first kappa shape index (κ1) is 12.3. The lowest BCUT2D eigenvalue weighted by atomic mass is 10.1. The van der Waals surface area contributed by atoms with Gasteiger partial charge in [0.2, 0.25) is 0 Å². The highest BCUT2D eigenvalue weighted by Crippen LogP contribution is 2.30. The maximum Gasteiger partial charge on any atom is 0.265 e. The molecule has 0 saturated heterocycles. The second-order valence-electron chi connectivity index (χ2n) is 2.65. The van der Waals surface area contributed by atoms with Gasteiger partial charge in [0, 0.05) is 35.2 Å². The monoisotopic (exact) mass is 256 g/mol. The van der Waals surface area contributed by atoms with Crippen LogP contribution in [-0.4, -0.2) is 13.4 Å². The normalized spacial score (nSPS) is 12.1. The predicted molar refractivity (Wildman–Crippen MR) is 50.1 cm³/mol. The molecule has 1 rings (SSSR count). The lowest BCUT2D eigenvalue weighted by Gasteiger charge is -2.09. The van der Waals surface area contributed by atoms with E-state index in [0.717, 1.165) is 12.4 Å². The van der Waals surface area contributed by atoms with Crippen LogP contribution in [0.2, 0.25) is 0 Å². The minimum absolute atomic E-state index is 0.0354. The van der Waals surface area contributed by atoms with Crippen LogP contribution in [0, 0.1) is 0 Å². The fourth-order valence-corrected chi connectivity index (χ4v) is 2.14. The van der Waals surface area contributed by atoms with Gasteiger partial charge in [-0.2, -0.15) is 0 Å². The molecule has 1 heterocycles. The van der Waals surface area contributed by atoms with Crippen molar-refractivity contribution in [3.8, 4) is 0 Å². The van der Waals surface area contributed by atoms with Crippen LogP contribution in [0.25, 0.3) is 0 Å². The second-order valence-corrected chi connectivity index (χ2v) is 5.19. The minimum atomic E-state index is -4.24. The Morgan fingerprint density at radius 2 is 2.07 bits per heavy atom. The molecule has 0 aliphatic heterocycles. The molecule has 4 nitrogen and oxygen atoms in total. The number of nitrogens with two attached hydrogens (primary N) is 1. The van der Waals surface area contributed by atoms with E-state index in [9.17, 15) is 17.2 Å². The Morgan fingerprint density at radius 1 is 1.47 bits per heavy atom. The van der Waals surface area contributed by atoms with Crippen LogP contribution in [0.3, 0.4) is 0 Å². The molecule has 1 aromatic rings. The molecule has 2 N–H and O–H groups in total. The Morgan fingerprint density at radius 3 is 2.47 bits per heavy atom. The number of pyridine rings is 1. The van der Waals surface area contributed by atoms with Gasteiger partial charge in [0.05, 0.1) is 0 Å². The highest BCUT2D eigenvalue weighted by molar-refractivity contribution is 8.13. The van der Waals surface area contributed by atoms with Crippen molar-refractivity contribution < 1.29 is 17.2 Å². The number of halogens is 3. The minimum Gasteiger partial charge on any atom is -0.326 e. The fourth-order valence-electron chi connectivity index (χ4n) is 1.10. The van der Waals surface area contributed by atoms with Crippen molar-refractivity contribution in [2.75, 3.05) is 0 Å². The highest BCUT2D eigenvalue weighted by atomic mass is 35.7. The number of nitrogens with zero attached hydrogens (tertiary/aromatic N) is 1.